The molecular formula is C15H29NO. The van der Waals surface area contributed by atoms with Gasteiger partial charge < -0.3 is 0 Å². The molecule has 2 nitrogen and oxygen atoms in total. The molecule has 1 saturated heterocycles. The van der Waals surface area contributed by atoms with Gasteiger partial charge in [0.2, 0.25) is 0 Å². The van der Waals surface area contributed by atoms with Crippen molar-refractivity contribution in [2.75, 3.05) is 7.05 Å². The van der Waals surface area contributed by atoms with Gasteiger partial charge in [0.25, 0.3) is 0 Å². The molecule has 0 bridgehead atoms. The van der Waals surface area contributed by atoms with Crippen LogP contribution in [0, 0.1) is 11.8 Å². The van der Waals surface area contributed by atoms with Crippen LogP contribution in [0.15, 0.2) is 0 Å². The van der Waals surface area contributed by atoms with Crippen LogP contribution in [-0.2, 0) is 4.79 Å². The first-order chi connectivity index (χ1) is 7.56. The summed E-state index contributed by atoms with van der Waals surface area (Å²) in [6, 6.07) is 0. The second kappa shape index (κ2) is 4.72. The maximum atomic E-state index is 11.9. The predicted molar refractivity (Wildman–Crippen MR) is 73.1 cm³/mol. The summed E-state index contributed by atoms with van der Waals surface area (Å²) in [6.07, 6.45) is 3.02. The number of likely N-dealkylation sites (tertiary alicyclic amines) is 1. The molecule has 1 heterocycles. The molecule has 1 aliphatic rings. The van der Waals surface area contributed by atoms with E-state index in [2.05, 4.69) is 39.6 Å². The topological polar surface area (TPSA) is 20.3 Å². The number of piperidine rings is 1. The Morgan fingerprint density at radius 2 is 1.59 bits per heavy atom. The number of rotatable bonds is 3. The summed E-state index contributed by atoms with van der Waals surface area (Å²) in [5, 5.41) is 0. The van der Waals surface area contributed by atoms with Gasteiger partial charge in [0.05, 0.1) is 0 Å². The summed E-state index contributed by atoms with van der Waals surface area (Å²) in [7, 11) is 2.21. The van der Waals surface area contributed by atoms with E-state index >= 15 is 0 Å². The number of Topliss-reactive ketones (excluding diaryl/α,β-unsaturated/α-hetero) is 1. The third-order valence-corrected chi connectivity index (χ3v) is 4.53. The minimum atomic E-state index is 0.181. The highest BCUT2D eigenvalue weighted by molar-refractivity contribution is 5.80. The fraction of sp³-hybridized carbons (Fsp3) is 0.933. The van der Waals surface area contributed by atoms with Crippen molar-refractivity contribution in [3.8, 4) is 0 Å². The van der Waals surface area contributed by atoms with Gasteiger partial charge in [-0.1, -0.05) is 13.8 Å². The van der Waals surface area contributed by atoms with Crippen LogP contribution >= 0.6 is 0 Å². The predicted octanol–water partition coefficient (Wildman–Crippen LogP) is 3.50. The fourth-order valence-corrected chi connectivity index (χ4v) is 3.24. The van der Waals surface area contributed by atoms with Gasteiger partial charge in [-0.15, -0.1) is 0 Å². The van der Waals surface area contributed by atoms with E-state index in [9.17, 15) is 4.79 Å². The Balaban J connectivity index is 2.75. The first-order valence-electron chi connectivity index (χ1n) is 6.83. The Bertz CT molecular complexity index is 273. The summed E-state index contributed by atoms with van der Waals surface area (Å²) in [4.78, 5) is 14.4. The van der Waals surface area contributed by atoms with E-state index in [0.29, 0.717) is 11.7 Å². The fourth-order valence-electron chi connectivity index (χ4n) is 3.24. The minimum Gasteiger partial charge on any atom is -0.299 e. The second-order valence-electron chi connectivity index (χ2n) is 7.28. The van der Waals surface area contributed by atoms with E-state index in [1.54, 1.807) is 0 Å². The number of carbonyl (C=O) groups is 1. The van der Waals surface area contributed by atoms with Gasteiger partial charge in [-0.05, 0) is 53.5 Å². The average Bonchev–Trinajstić information content (AvgIpc) is 2.12. The minimum absolute atomic E-state index is 0.181. The highest BCUT2D eigenvalue weighted by atomic mass is 16.1. The molecule has 0 aromatic heterocycles. The molecule has 2 heteroatoms. The summed E-state index contributed by atoms with van der Waals surface area (Å²) in [5.41, 5.74) is 0.396. The number of nitrogens with zero attached hydrogens (tertiary/aromatic N) is 1. The van der Waals surface area contributed by atoms with Gasteiger partial charge in [0.1, 0.15) is 5.78 Å². The maximum Gasteiger partial charge on any atom is 0.135 e. The molecule has 0 radical (unpaired) electrons. The normalized spacial score (nSPS) is 25.2. The first-order valence-corrected chi connectivity index (χ1v) is 6.83. The lowest BCUT2D eigenvalue weighted by molar-refractivity contribution is -0.124. The SMILES string of the molecule is CC(C)C(=O)CC1CC(C)(C)N(C)C(C)(C)C1. The van der Waals surface area contributed by atoms with Gasteiger partial charge in [0, 0.05) is 23.4 Å². The number of hydrogen-bond donors (Lipinski definition) is 0. The number of carbonyl (C=O) groups excluding carboxylic acids is 1. The molecule has 0 aromatic rings. The van der Waals surface area contributed by atoms with Gasteiger partial charge >= 0.3 is 0 Å². The molecule has 100 valence electrons. The second-order valence-corrected chi connectivity index (χ2v) is 7.28. The quantitative estimate of drug-likeness (QED) is 0.751. The molecule has 0 amide bonds. The van der Waals surface area contributed by atoms with Crippen molar-refractivity contribution in [3.63, 3.8) is 0 Å². The van der Waals surface area contributed by atoms with Crippen LogP contribution in [0.4, 0.5) is 0 Å². The molecule has 1 fully saturated rings. The summed E-state index contributed by atoms with van der Waals surface area (Å²) >= 11 is 0. The molecule has 0 aliphatic carbocycles. The standard InChI is InChI=1S/C15H29NO/c1-11(2)13(17)8-12-9-14(3,4)16(7)15(5,6)10-12/h11-12H,8-10H2,1-7H3. The van der Waals surface area contributed by atoms with E-state index in [1.165, 1.54) is 0 Å². The van der Waals surface area contributed by atoms with Crippen molar-refractivity contribution in [1.82, 2.24) is 4.90 Å². The highest BCUT2D eigenvalue weighted by Gasteiger charge is 2.43. The molecule has 0 saturated carbocycles. The van der Waals surface area contributed by atoms with Gasteiger partial charge in [-0.2, -0.15) is 0 Å². The zero-order chi connectivity index (χ0) is 13.4. The Kier molecular flexibility index (Phi) is 4.08. The van der Waals surface area contributed by atoms with Crippen LogP contribution < -0.4 is 0 Å². The van der Waals surface area contributed by atoms with Crippen LogP contribution in [0.2, 0.25) is 0 Å². The van der Waals surface area contributed by atoms with Crippen molar-refractivity contribution in [3.05, 3.63) is 0 Å². The first kappa shape index (κ1) is 14.7. The molecule has 0 N–H and O–H groups in total. The van der Waals surface area contributed by atoms with Crippen LogP contribution in [0.3, 0.4) is 0 Å². The Hall–Kier alpha value is -0.370. The highest BCUT2D eigenvalue weighted by Crippen LogP contribution is 2.41. The Morgan fingerprint density at radius 1 is 1.18 bits per heavy atom. The molecule has 1 aliphatic heterocycles. The summed E-state index contributed by atoms with van der Waals surface area (Å²) in [6.45, 7) is 13.2. The molecule has 0 aromatic carbocycles. The number of hydrogen-bond acceptors (Lipinski definition) is 2. The van der Waals surface area contributed by atoms with Crippen molar-refractivity contribution < 1.29 is 4.79 Å². The third-order valence-electron chi connectivity index (χ3n) is 4.53. The zero-order valence-corrected chi connectivity index (χ0v) is 12.6. The largest absolute Gasteiger partial charge is 0.299 e. The smallest absolute Gasteiger partial charge is 0.135 e. The van der Waals surface area contributed by atoms with Crippen LogP contribution in [0.1, 0.15) is 60.8 Å². The molecule has 0 spiro atoms. The van der Waals surface area contributed by atoms with Crippen LogP contribution in [0.5, 0.6) is 0 Å². The van der Waals surface area contributed by atoms with E-state index in [4.69, 9.17) is 0 Å². The molecule has 17 heavy (non-hydrogen) atoms. The van der Waals surface area contributed by atoms with E-state index in [0.717, 1.165) is 19.3 Å². The van der Waals surface area contributed by atoms with Gasteiger partial charge in [-0.3, -0.25) is 9.69 Å². The summed E-state index contributed by atoms with van der Waals surface area (Å²) in [5.74, 6) is 1.15. The van der Waals surface area contributed by atoms with E-state index in [-0.39, 0.29) is 17.0 Å². The Morgan fingerprint density at radius 3 is 1.94 bits per heavy atom. The van der Waals surface area contributed by atoms with Gasteiger partial charge in [-0.25, -0.2) is 0 Å². The summed E-state index contributed by atoms with van der Waals surface area (Å²) < 4.78 is 0. The molecule has 0 unspecified atom stereocenters. The van der Waals surface area contributed by atoms with Crippen LogP contribution in [-0.4, -0.2) is 28.8 Å². The monoisotopic (exact) mass is 239 g/mol. The molecular weight excluding hydrogens is 210 g/mol. The lowest BCUT2D eigenvalue weighted by Gasteiger charge is -2.53. The molecule has 1 rings (SSSR count). The lowest BCUT2D eigenvalue weighted by Crippen LogP contribution is -2.58. The maximum absolute atomic E-state index is 11.9. The van der Waals surface area contributed by atoms with Crippen molar-refractivity contribution >= 4 is 5.78 Å². The third kappa shape index (κ3) is 3.31. The zero-order valence-electron chi connectivity index (χ0n) is 12.6. The Labute approximate surface area is 107 Å². The average molecular weight is 239 g/mol. The van der Waals surface area contributed by atoms with Crippen LogP contribution in [0.25, 0.3) is 0 Å². The lowest BCUT2D eigenvalue weighted by atomic mass is 9.72. The van der Waals surface area contributed by atoms with Crippen molar-refractivity contribution in [2.45, 2.75) is 71.9 Å². The number of ketones is 1. The van der Waals surface area contributed by atoms with Crippen molar-refractivity contribution in [2.24, 2.45) is 11.8 Å². The van der Waals surface area contributed by atoms with E-state index in [1.807, 2.05) is 13.8 Å². The van der Waals surface area contributed by atoms with Gasteiger partial charge in [0.15, 0.2) is 0 Å². The van der Waals surface area contributed by atoms with E-state index < -0.39 is 0 Å². The van der Waals surface area contributed by atoms with Crippen molar-refractivity contribution in [1.29, 1.82) is 0 Å². The molecule has 0 atom stereocenters.